The summed E-state index contributed by atoms with van der Waals surface area (Å²) in [6.45, 7) is 1.74. The fraction of sp³-hybridized carbons (Fsp3) is 0.500. The molecular formula is C12H18Cl2N2O3S. The smallest absolute Gasteiger partial charge is 0.242 e. The summed E-state index contributed by atoms with van der Waals surface area (Å²) < 4.78 is 26.7. The molecule has 1 aromatic carbocycles. The van der Waals surface area contributed by atoms with Crippen LogP contribution in [0.2, 0.25) is 10.0 Å². The van der Waals surface area contributed by atoms with E-state index < -0.39 is 15.6 Å². The minimum Gasteiger partial charge on any atom is -0.387 e. The lowest BCUT2D eigenvalue weighted by molar-refractivity contribution is 0.0386. The van der Waals surface area contributed by atoms with Crippen LogP contribution in [0.25, 0.3) is 0 Å². The summed E-state index contributed by atoms with van der Waals surface area (Å²) >= 11 is 11.7. The van der Waals surface area contributed by atoms with Gasteiger partial charge in [0.05, 0.1) is 15.6 Å². The van der Waals surface area contributed by atoms with Crippen LogP contribution in [0, 0.1) is 0 Å². The molecule has 114 valence electrons. The van der Waals surface area contributed by atoms with Crippen LogP contribution in [0.5, 0.6) is 0 Å². The van der Waals surface area contributed by atoms with Gasteiger partial charge < -0.3 is 10.0 Å². The highest BCUT2D eigenvalue weighted by molar-refractivity contribution is 7.89. The van der Waals surface area contributed by atoms with E-state index in [1.807, 2.05) is 0 Å². The zero-order chi connectivity index (χ0) is 15.6. The van der Waals surface area contributed by atoms with Gasteiger partial charge in [-0.3, -0.25) is 0 Å². The lowest BCUT2D eigenvalue weighted by Crippen LogP contribution is -2.47. The van der Waals surface area contributed by atoms with E-state index in [-0.39, 0.29) is 21.5 Å². The highest BCUT2D eigenvalue weighted by atomic mass is 35.5. The van der Waals surface area contributed by atoms with Gasteiger partial charge in [-0.25, -0.2) is 13.1 Å². The standard InChI is InChI=1S/C12H18Cl2N2O3S/c1-12(17,8-16(2)3)7-15-20(18,19)10-6-4-5-9(13)11(10)14/h4-6,15,17H,7-8H2,1-3H3. The van der Waals surface area contributed by atoms with Gasteiger partial charge in [0.2, 0.25) is 10.0 Å². The summed E-state index contributed by atoms with van der Waals surface area (Å²) in [6, 6.07) is 4.36. The zero-order valence-corrected chi connectivity index (χ0v) is 13.8. The van der Waals surface area contributed by atoms with Crippen molar-refractivity contribution in [2.75, 3.05) is 27.2 Å². The molecule has 0 radical (unpaired) electrons. The van der Waals surface area contributed by atoms with Gasteiger partial charge in [-0.15, -0.1) is 0 Å². The van der Waals surface area contributed by atoms with Crippen molar-refractivity contribution in [3.8, 4) is 0 Å². The van der Waals surface area contributed by atoms with Crippen molar-refractivity contribution in [3.63, 3.8) is 0 Å². The summed E-state index contributed by atoms with van der Waals surface area (Å²) in [7, 11) is -0.250. The number of hydrogen-bond acceptors (Lipinski definition) is 4. The molecule has 0 spiro atoms. The number of rotatable bonds is 6. The third-order valence-electron chi connectivity index (χ3n) is 2.51. The van der Waals surface area contributed by atoms with Crippen LogP contribution in [0.4, 0.5) is 0 Å². The highest BCUT2D eigenvalue weighted by Gasteiger charge is 2.26. The second kappa shape index (κ2) is 6.60. The Labute approximate surface area is 129 Å². The maximum atomic E-state index is 12.2. The molecule has 0 saturated carbocycles. The maximum absolute atomic E-state index is 12.2. The van der Waals surface area contributed by atoms with Crippen LogP contribution in [-0.4, -0.2) is 51.2 Å². The Morgan fingerprint density at radius 2 is 1.95 bits per heavy atom. The number of halogens is 2. The summed E-state index contributed by atoms with van der Waals surface area (Å²) in [6.07, 6.45) is 0. The Morgan fingerprint density at radius 3 is 2.50 bits per heavy atom. The van der Waals surface area contributed by atoms with E-state index in [1.54, 1.807) is 25.9 Å². The lowest BCUT2D eigenvalue weighted by Gasteiger charge is -2.27. The third-order valence-corrected chi connectivity index (χ3v) is 4.88. The predicted octanol–water partition coefficient (Wildman–Crippen LogP) is 1.58. The molecule has 1 rings (SSSR count). The van der Waals surface area contributed by atoms with Gasteiger partial charge in [-0.2, -0.15) is 0 Å². The van der Waals surface area contributed by atoms with Crippen molar-refractivity contribution in [1.29, 1.82) is 0 Å². The van der Waals surface area contributed by atoms with E-state index in [2.05, 4.69) is 4.72 Å². The van der Waals surface area contributed by atoms with E-state index in [4.69, 9.17) is 23.2 Å². The molecule has 0 aliphatic heterocycles. The SMILES string of the molecule is CN(C)CC(C)(O)CNS(=O)(=O)c1cccc(Cl)c1Cl. The van der Waals surface area contributed by atoms with Crippen LogP contribution in [0.3, 0.4) is 0 Å². The van der Waals surface area contributed by atoms with E-state index in [9.17, 15) is 13.5 Å². The molecule has 8 heteroatoms. The zero-order valence-electron chi connectivity index (χ0n) is 11.5. The van der Waals surface area contributed by atoms with E-state index in [0.29, 0.717) is 6.54 Å². The summed E-state index contributed by atoms with van der Waals surface area (Å²) in [5.41, 5.74) is -1.19. The van der Waals surface area contributed by atoms with Crippen molar-refractivity contribution in [1.82, 2.24) is 9.62 Å². The monoisotopic (exact) mass is 340 g/mol. The van der Waals surface area contributed by atoms with Gasteiger partial charge in [-0.1, -0.05) is 29.3 Å². The molecule has 0 fully saturated rings. The first kappa shape index (κ1) is 17.7. The van der Waals surface area contributed by atoms with Crippen molar-refractivity contribution < 1.29 is 13.5 Å². The molecule has 1 unspecified atom stereocenters. The molecule has 1 aromatic rings. The Balaban J connectivity index is 2.89. The van der Waals surface area contributed by atoms with E-state index in [0.717, 1.165) is 0 Å². The average Bonchev–Trinajstić information content (AvgIpc) is 2.29. The average molecular weight is 341 g/mol. The van der Waals surface area contributed by atoms with Crippen LogP contribution in [0.15, 0.2) is 23.1 Å². The van der Waals surface area contributed by atoms with Crippen LogP contribution in [-0.2, 0) is 10.0 Å². The number of sulfonamides is 1. The van der Waals surface area contributed by atoms with Crippen molar-refractivity contribution >= 4 is 33.2 Å². The molecule has 2 N–H and O–H groups in total. The molecular weight excluding hydrogens is 323 g/mol. The largest absolute Gasteiger partial charge is 0.387 e. The molecule has 0 heterocycles. The topological polar surface area (TPSA) is 69.6 Å². The molecule has 0 aliphatic rings. The minimum atomic E-state index is -3.83. The summed E-state index contributed by atoms with van der Waals surface area (Å²) in [4.78, 5) is 1.66. The van der Waals surface area contributed by atoms with Gasteiger partial charge in [0.25, 0.3) is 0 Å². The van der Waals surface area contributed by atoms with Gasteiger partial charge in [0, 0.05) is 13.1 Å². The fourth-order valence-corrected chi connectivity index (χ4v) is 3.68. The van der Waals surface area contributed by atoms with Crippen LogP contribution < -0.4 is 4.72 Å². The van der Waals surface area contributed by atoms with E-state index in [1.165, 1.54) is 18.2 Å². The van der Waals surface area contributed by atoms with Gasteiger partial charge >= 0.3 is 0 Å². The molecule has 5 nitrogen and oxygen atoms in total. The molecule has 0 aromatic heterocycles. The number of aliphatic hydroxyl groups is 1. The van der Waals surface area contributed by atoms with E-state index >= 15 is 0 Å². The minimum absolute atomic E-state index is 0.0334. The molecule has 20 heavy (non-hydrogen) atoms. The molecule has 0 bridgehead atoms. The lowest BCUT2D eigenvalue weighted by atomic mass is 10.1. The maximum Gasteiger partial charge on any atom is 0.242 e. The normalized spacial score (nSPS) is 15.3. The molecule has 1 atom stereocenters. The van der Waals surface area contributed by atoms with Gasteiger partial charge in [0.1, 0.15) is 4.90 Å². The summed E-state index contributed by atoms with van der Waals surface area (Å²) in [5.74, 6) is 0. The first-order valence-electron chi connectivity index (χ1n) is 5.86. The number of likely N-dealkylation sites (N-methyl/N-ethyl adjacent to an activating group) is 1. The Bertz CT molecular complexity index is 574. The predicted molar refractivity (Wildman–Crippen MR) is 80.8 cm³/mol. The second-order valence-electron chi connectivity index (χ2n) is 5.11. The fourth-order valence-electron chi connectivity index (χ4n) is 1.76. The molecule has 0 aliphatic carbocycles. The van der Waals surface area contributed by atoms with Crippen molar-refractivity contribution in [2.45, 2.75) is 17.4 Å². The third kappa shape index (κ3) is 4.87. The summed E-state index contributed by atoms with van der Waals surface area (Å²) in [5, 5.41) is 10.2. The quantitative estimate of drug-likeness (QED) is 0.824. The number of benzene rings is 1. The Hall–Kier alpha value is -0.370. The Morgan fingerprint density at radius 1 is 1.35 bits per heavy atom. The molecule has 0 saturated heterocycles. The second-order valence-corrected chi connectivity index (χ2v) is 7.63. The number of nitrogens with zero attached hydrogens (tertiary/aromatic N) is 1. The van der Waals surface area contributed by atoms with Gasteiger partial charge in [0.15, 0.2) is 0 Å². The first-order chi connectivity index (χ1) is 9.05. The number of nitrogens with one attached hydrogen (secondary N) is 1. The van der Waals surface area contributed by atoms with Crippen LogP contribution >= 0.6 is 23.2 Å². The van der Waals surface area contributed by atoms with Gasteiger partial charge in [-0.05, 0) is 33.2 Å². The first-order valence-corrected chi connectivity index (χ1v) is 8.10. The Kier molecular flexibility index (Phi) is 5.83. The van der Waals surface area contributed by atoms with Crippen LogP contribution in [0.1, 0.15) is 6.92 Å². The van der Waals surface area contributed by atoms with Crippen molar-refractivity contribution in [3.05, 3.63) is 28.2 Å². The number of hydrogen-bond donors (Lipinski definition) is 2. The molecule has 0 amide bonds. The van der Waals surface area contributed by atoms with Crippen molar-refractivity contribution in [2.24, 2.45) is 0 Å². The highest BCUT2D eigenvalue weighted by Crippen LogP contribution is 2.28.